The molecule has 1 aromatic carbocycles. The van der Waals surface area contributed by atoms with Crippen molar-refractivity contribution in [3.05, 3.63) is 60.9 Å². The average Bonchev–Trinajstić information content (AvgIpc) is 2.95. The van der Waals surface area contributed by atoms with E-state index in [1.165, 1.54) is 6.08 Å². The number of rotatable bonds is 5. The van der Waals surface area contributed by atoms with Crippen LogP contribution in [-0.2, 0) is 16.1 Å². The van der Waals surface area contributed by atoms with Crippen molar-refractivity contribution in [2.24, 2.45) is 0 Å². The highest BCUT2D eigenvalue weighted by atomic mass is 16.5. The molecule has 0 fully saturated rings. The minimum Gasteiger partial charge on any atom is -0.463 e. The lowest BCUT2D eigenvalue weighted by Crippen LogP contribution is -2.02. The molecule has 5 nitrogen and oxygen atoms in total. The van der Waals surface area contributed by atoms with Gasteiger partial charge >= 0.3 is 5.97 Å². The summed E-state index contributed by atoms with van der Waals surface area (Å²) in [5.74, 6) is 0.493. The SMILES string of the molecule is CCOC(=O)/C=C/Cn1c(-c2cccnc2)nc2ccccc21. The Kier molecular flexibility index (Phi) is 4.47. The summed E-state index contributed by atoms with van der Waals surface area (Å²) in [6.45, 7) is 2.69. The largest absolute Gasteiger partial charge is 0.463 e. The molecule has 0 aliphatic carbocycles. The van der Waals surface area contributed by atoms with Gasteiger partial charge in [-0.25, -0.2) is 9.78 Å². The van der Waals surface area contributed by atoms with Gasteiger partial charge in [-0.2, -0.15) is 0 Å². The van der Waals surface area contributed by atoms with Crippen molar-refractivity contribution in [2.75, 3.05) is 6.61 Å². The maximum absolute atomic E-state index is 11.4. The summed E-state index contributed by atoms with van der Waals surface area (Å²) in [6.07, 6.45) is 6.75. The minimum absolute atomic E-state index is 0.333. The van der Waals surface area contributed by atoms with Gasteiger partial charge in [0, 0.05) is 30.6 Å². The van der Waals surface area contributed by atoms with Crippen molar-refractivity contribution in [3.8, 4) is 11.4 Å². The van der Waals surface area contributed by atoms with E-state index in [0.29, 0.717) is 13.2 Å². The molecule has 0 bridgehead atoms. The highest BCUT2D eigenvalue weighted by Crippen LogP contribution is 2.24. The fourth-order valence-electron chi connectivity index (χ4n) is 2.42. The molecular formula is C18H17N3O2. The van der Waals surface area contributed by atoms with Crippen LogP contribution in [0.4, 0.5) is 0 Å². The average molecular weight is 307 g/mol. The fraction of sp³-hybridized carbons (Fsp3) is 0.167. The number of hydrogen-bond acceptors (Lipinski definition) is 4. The monoisotopic (exact) mass is 307 g/mol. The number of carbonyl (C=O) groups is 1. The molecule has 0 atom stereocenters. The number of ether oxygens (including phenoxy) is 1. The van der Waals surface area contributed by atoms with Crippen LogP contribution in [0.15, 0.2) is 60.9 Å². The van der Waals surface area contributed by atoms with Crippen LogP contribution < -0.4 is 0 Å². The van der Waals surface area contributed by atoms with Gasteiger partial charge in [0.2, 0.25) is 0 Å². The molecule has 0 spiro atoms. The lowest BCUT2D eigenvalue weighted by atomic mass is 10.2. The van der Waals surface area contributed by atoms with Crippen LogP contribution in [0.25, 0.3) is 22.4 Å². The number of hydrogen-bond donors (Lipinski definition) is 0. The summed E-state index contributed by atoms with van der Waals surface area (Å²) in [5.41, 5.74) is 2.86. The summed E-state index contributed by atoms with van der Waals surface area (Å²) in [6, 6.07) is 11.8. The first-order valence-electron chi connectivity index (χ1n) is 7.48. The molecule has 3 aromatic rings. The Bertz CT molecular complexity index is 838. The minimum atomic E-state index is -0.333. The molecule has 0 radical (unpaired) electrons. The van der Waals surface area contributed by atoms with Gasteiger partial charge in [-0.3, -0.25) is 4.98 Å². The smallest absolute Gasteiger partial charge is 0.330 e. The Balaban J connectivity index is 1.98. The number of aromatic nitrogens is 3. The number of allylic oxidation sites excluding steroid dienone is 1. The maximum Gasteiger partial charge on any atom is 0.330 e. The Morgan fingerprint density at radius 3 is 2.91 bits per heavy atom. The molecule has 0 aliphatic rings. The molecular weight excluding hydrogens is 290 g/mol. The highest BCUT2D eigenvalue weighted by Gasteiger charge is 2.11. The Morgan fingerprint density at radius 2 is 2.13 bits per heavy atom. The van der Waals surface area contributed by atoms with Crippen LogP contribution >= 0.6 is 0 Å². The molecule has 3 rings (SSSR count). The van der Waals surface area contributed by atoms with Crippen molar-refractivity contribution in [3.63, 3.8) is 0 Å². The zero-order chi connectivity index (χ0) is 16.1. The normalized spacial score (nSPS) is 11.2. The van der Waals surface area contributed by atoms with Crippen molar-refractivity contribution in [1.82, 2.24) is 14.5 Å². The second kappa shape index (κ2) is 6.87. The van der Waals surface area contributed by atoms with E-state index in [2.05, 4.69) is 14.5 Å². The Morgan fingerprint density at radius 1 is 1.26 bits per heavy atom. The second-order valence-electron chi connectivity index (χ2n) is 4.93. The molecule has 2 heterocycles. The summed E-state index contributed by atoms with van der Waals surface area (Å²) in [5, 5.41) is 0. The van der Waals surface area contributed by atoms with E-state index < -0.39 is 0 Å². The highest BCUT2D eigenvalue weighted by molar-refractivity contribution is 5.82. The van der Waals surface area contributed by atoms with Crippen LogP contribution in [0.1, 0.15) is 6.92 Å². The molecule has 0 saturated carbocycles. The van der Waals surface area contributed by atoms with Gasteiger partial charge in [-0.1, -0.05) is 18.2 Å². The van der Waals surface area contributed by atoms with Gasteiger partial charge < -0.3 is 9.30 Å². The topological polar surface area (TPSA) is 57.0 Å². The van der Waals surface area contributed by atoms with Gasteiger partial charge in [0.25, 0.3) is 0 Å². The van der Waals surface area contributed by atoms with Gasteiger partial charge in [0.1, 0.15) is 5.82 Å². The Labute approximate surface area is 134 Å². The summed E-state index contributed by atoms with van der Waals surface area (Å²) < 4.78 is 6.96. The second-order valence-corrected chi connectivity index (χ2v) is 4.93. The van der Waals surface area contributed by atoms with Crippen LogP contribution in [0, 0.1) is 0 Å². The van der Waals surface area contributed by atoms with E-state index in [-0.39, 0.29) is 5.97 Å². The Hall–Kier alpha value is -2.95. The van der Waals surface area contributed by atoms with Crippen LogP contribution in [0.3, 0.4) is 0 Å². The zero-order valence-corrected chi connectivity index (χ0v) is 12.8. The molecule has 0 unspecified atom stereocenters. The van der Waals surface area contributed by atoms with E-state index in [9.17, 15) is 4.79 Å². The predicted octanol–water partition coefficient (Wildman–Crippen LogP) is 3.22. The predicted molar refractivity (Wildman–Crippen MR) is 88.7 cm³/mol. The van der Waals surface area contributed by atoms with Crippen molar-refractivity contribution < 1.29 is 9.53 Å². The molecule has 0 aliphatic heterocycles. The van der Waals surface area contributed by atoms with E-state index in [4.69, 9.17) is 4.74 Å². The van der Waals surface area contributed by atoms with Gasteiger partial charge in [0.05, 0.1) is 17.6 Å². The van der Waals surface area contributed by atoms with E-state index in [1.807, 2.05) is 36.4 Å². The molecule has 23 heavy (non-hydrogen) atoms. The van der Waals surface area contributed by atoms with E-state index in [1.54, 1.807) is 25.4 Å². The molecule has 0 saturated heterocycles. The number of para-hydroxylation sites is 2. The lowest BCUT2D eigenvalue weighted by Gasteiger charge is -2.06. The molecule has 0 amide bonds. The third-order valence-electron chi connectivity index (χ3n) is 3.40. The molecule has 116 valence electrons. The summed E-state index contributed by atoms with van der Waals surface area (Å²) in [4.78, 5) is 20.3. The molecule has 2 aromatic heterocycles. The van der Waals surface area contributed by atoms with Crippen LogP contribution in [-0.4, -0.2) is 27.1 Å². The fourth-order valence-corrected chi connectivity index (χ4v) is 2.42. The van der Waals surface area contributed by atoms with E-state index in [0.717, 1.165) is 22.4 Å². The number of esters is 1. The third-order valence-corrected chi connectivity index (χ3v) is 3.40. The number of benzene rings is 1. The lowest BCUT2D eigenvalue weighted by molar-refractivity contribution is -0.137. The van der Waals surface area contributed by atoms with Crippen molar-refractivity contribution >= 4 is 17.0 Å². The summed E-state index contributed by atoms with van der Waals surface area (Å²) in [7, 11) is 0. The zero-order valence-electron chi connectivity index (χ0n) is 12.8. The van der Waals surface area contributed by atoms with Gasteiger partial charge in [-0.15, -0.1) is 0 Å². The number of fused-ring (bicyclic) bond motifs is 1. The van der Waals surface area contributed by atoms with E-state index >= 15 is 0 Å². The van der Waals surface area contributed by atoms with Gasteiger partial charge in [-0.05, 0) is 31.2 Å². The van der Waals surface area contributed by atoms with Gasteiger partial charge in [0.15, 0.2) is 0 Å². The number of nitrogens with zero attached hydrogens (tertiary/aromatic N) is 3. The summed E-state index contributed by atoms with van der Waals surface area (Å²) >= 11 is 0. The first-order chi connectivity index (χ1) is 11.3. The maximum atomic E-state index is 11.4. The van der Waals surface area contributed by atoms with Crippen LogP contribution in [0.5, 0.6) is 0 Å². The first kappa shape index (κ1) is 15.0. The standard InChI is InChI=1S/C18H17N3O2/c1-2-23-17(22)10-6-12-21-16-9-4-3-8-15(16)20-18(21)14-7-5-11-19-13-14/h3-11,13H,2,12H2,1H3/b10-6+. The van der Waals surface area contributed by atoms with Crippen LogP contribution in [0.2, 0.25) is 0 Å². The first-order valence-corrected chi connectivity index (χ1v) is 7.48. The molecule has 5 heteroatoms. The number of imidazole rings is 1. The molecule has 0 N–H and O–H groups in total. The number of pyridine rings is 1. The third kappa shape index (κ3) is 3.29. The number of carbonyl (C=O) groups excluding carboxylic acids is 1. The van der Waals surface area contributed by atoms with Crippen molar-refractivity contribution in [2.45, 2.75) is 13.5 Å². The van der Waals surface area contributed by atoms with Crippen molar-refractivity contribution in [1.29, 1.82) is 0 Å². The quantitative estimate of drug-likeness (QED) is 0.536.